The minimum Gasteiger partial charge on any atom is -0.369 e. The Balaban J connectivity index is 2.01. The van der Waals surface area contributed by atoms with Crippen molar-refractivity contribution < 1.29 is 0 Å². The van der Waals surface area contributed by atoms with E-state index in [0.29, 0.717) is 12.0 Å². The molecule has 0 bridgehead atoms. The van der Waals surface area contributed by atoms with Crippen molar-refractivity contribution in [1.29, 1.82) is 0 Å². The Bertz CT molecular complexity index is 580. The highest BCUT2D eigenvalue weighted by Gasteiger charge is 2.15. The molecule has 0 aliphatic carbocycles. The van der Waals surface area contributed by atoms with Gasteiger partial charge in [-0.1, -0.05) is 0 Å². The fourth-order valence-electron chi connectivity index (χ4n) is 2.46. The van der Waals surface area contributed by atoms with E-state index in [1.165, 1.54) is 0 Å². The largest absolute Gasteiger partial charge is 0.369 e. The summed E-state index contributed by atoms with van der Waals surface area (Å²) in [6.07, 6.45) is 2.25. The Morgan fingerprint density at radius 3 is 2.65 bits per heavy atom. The van der Waals surface area contributed by atoms with Crippen molar-refractivity contribution in [2.45, 2.75) is 46.2 Å². The minimum atomic E-state index is 0.591. The summed E-state index contributed by atoms with van der Waals surface area (Å²) in [7, 11) is 4.11. The molecule has 0 radical (unpaired) electrons. The van der Waals surface area contributed by atoms with E-state index in [-0.39, 0.29) is 0 Å². The zero-order chi connectivity index (χ0) is 14.9. The van der Waals surface area contributed by atoms with Crippen LogP contribution in [-0.4, -0.2) is 43.9 Å². The van der Waals surface area contributed by atoms with Gasteiger partial charge < -0.3 is 10.6 Å². The maximum atomic E-state index is 6.03. The first-order chi connectivity index (χ1) is 9.41. The van der Waals surface area contributed by atoms with Gasteiger partial charge in [0.25, 0.3) is 0 Å². The predicted octanol–water partition coefficient (Wildman–Crippen LogP) is 1.78. The molecule has 0 aliphatic heterocycles. The van der Waals surface area contributed by atoms with Gasteiger partial charge in [-0.2, -0.15) is 5.10 Å². The van der Waals surface area contributed by atoms with Crippen LogP contribution < -0.4 is 5.73 Å². The predicted molar refractivity (Wildman–Crippen MR) is 82.6 cm³/mol. The molecule has 6 heteroatoms. The number of aryl methyl sites for hydroxylation is 3. The van der Waals surface area contributed by atoms with Crippen molar-refractivity contribution in [3.05, 3.63) is 5.69 Å². The van der Waals surface area contributed by atoms with Gasteiger partial charge in [0.1, 0.15) is 5.52 Å². The normalized spacial score (nSPS) is 12.2. The number of nitrogens with zero attached hydrogens (tertiary/aromatic N) is 5. The first kappa shape index (κ1) is 14.8. The van der Waals surface area contributed by atoms with Gasteiger partial charge >= 0.3 is 0 Å². The van der Waals surface area contributed by atoms with E-state index >= 15 is 0 Å². The maximum Gasteiger partial charge on any atom is 0.202 e. The average Bonchev–Trinajstić information content (AvgIpc) is 2.84. The van der Waals surface area contributed by atoms with Gasteiger partial charge in [-0.3, -0.25) is 9.25 Å². The van der Waals surface area contributed by atoms with Crippen molar-refractivity contribution in [3.8, 4) is 0 Å². The van der Waals surface area contributed by atoms with E-state index in [2.05, 4.69) is 40.4 Å². The first-order valence-corrected chi connectivity index (χ1v) is 7.27. The summed E-state index contributed by atoms with van der Waals surface area (Å²) in [6.45, 7) is 8.41. The number of hydrogen-bond donors (Lipinski definition) is 1. The van der Waals surface area contributed by atoms with Gasteiger partial charge in [-0.25, -0.2) is 4.98 Å². The van der Waals surface area contributed by atoms with Crippen LogP contribution in [-0.2, 0) is 13.6 Å². The molecule has 0 saturated heterocycles. The van der Waals surface area contributed by atoms with E-state index in [1.54, 1.807) is 0 Å². The third-order valence-electron chi connectivity index (χ3n) is 3.94. The number of fused-ring (bicyclic) bond motifs is 1. The van der Waals surface area contributed by atoms with Crippen LogP contribution in [0, 0.1) is 6.92 Å². The molecule has 0 amide bonds. The topological polar surface area (TPSA) is 64.9 Å². The smallest absolute Gasteiger partial charge is 0.202 e. The Hall–Kier alpha value is -1.56. The third kappa shape index (κ3) is 2.80. The number of hydrogen-bond acceptors (Lipinski definition) is 4. The van der Waals surface area contributed by atoms with Crippen LogP contribution in [0.25, 0.3) is 11.2 Å². The highest BCUT2D eigenvalue weighted by molar-refractivity contribution is 5.77. The standard InChI is InChI=1S/C14H26N6/c1-10(2)18(4)8-6-7-9-20-13-12(16-14(20)15)11(3)17-19(13)5/h10H,6-9H2,1-5H3,(H2,15,16). The fraction of sp³-hybridized carbons (Fsp3) is 0.714. The molecule has 0 saturated carbocycles. The molecule has 0 spiro atoms. The summed E-state index contributed by atoms with van der Waals surface area (Å²) in [5.74, 6) is 0.591. The van der Waals surface area contributed by atoms with Crippen LogP contribution in [0.1, 0.15) is 32.4 Å². The molecule has 0 aromatic carbocycles. The highest BCUT2D eigenvalue weighted by atomic mass is 15.3. The lowest BCUT2D eigenvalue weighted by molar-refractivity contribution is 0.266. The molecule has 2 aromatic rings. The zero-order valence-electron chi connectivity index (χ0n) is 13.2. The summed E-state index contributed by atoms with van der Waals surface area (Å²) < 4.78 is 3.94. The van der Waals surface area contributed by atoms with Crippen molar-refractivity contribution >= 4 is 17.1 Å². The second-order valence-electron chi connectivity index (χ2n) is 5.78. The first-order valence-electron chi connectivity index (χ1n) is 7.27. The summed E-state index contributed by atoms with van der Waals surface area (Å²) in [5, 5.41) is 4.40. The van der Waals surface area contributed by atoms with Crippen LogP contribution in [0.3, 0.4) is 0 Å². The number of imidazole rings is 1. The Morgan fingerprint density at radius 2 is 2.00 bits per heavy atom. The van der Waals surface area contributed by atoms with Gasteiger partial charge in [0.15, 0.2) is 5.65 Å². The second-order valence-corrected chi connectivity index (χ2v) is 5.78. The number of anilines is 1. The van der Waals surface area contributed by atoms with E-state index in [4.69, 9.17) is 5.73 Å². The zero-order valence-corrected chi connectivity index (χ0v) is 13.2. The third-order valence-corrected chi connectivity index (χ3v) is 3.94. The highest BCUT2D eigenvalue weighted by Crippen LogP contribution is 2.20. The molecule has 6 nitrogen and oxygen atoms in total. The second kappa shape index (κ2) is 5.83. The lowest BCUT2D eigenvalue weighted by atomic mass is 10.2. The number of nitrogen functional groups attached to an aromatic ring is 1. The van der Waals surface area contributed by atoms with Gasteiger partial charge in [-0.15, -0.1) is 0 Å². The molecule has 0 atom stereocenters. The minimum absolute atomic E-state index is 0.591. The van der Waals surface area contributed by atoms with Crippen LogP contribution >= 0.6 is 0 Å². The summed E-state index contributed by atoms with van der Waals surface area (Å²) in [5.41, 5.74) is 8.91. The van der Waals surface area contributed by atoms with E-state index in [1.807, 2.05) is 18.7 Å². The Morgan fingerprint density at radius 1 is 1.30 bits per heavy atom. The molecule has 0 fully saturated rings. The molecule has 20 heavy (non-hydrogen) atoms. The van der Waals surface area contributed by atoms with Gasteiger partial charge in [0.05, 0.1) is 5.69 Å². The van der Waals surface area contributed by atoms with Crippen LogP contribution in [0.4, 0.5) is 5.95 Å². The number of rotatable bonds is 6. The molecular weight excluding hydrogens is 252 g/mol. The van der Waals surface area contributed by atoms with E-state index < -0.39 is 0 Å². The molecule has 2 aromatic heterocycles. The fourth-order valence-corrected chi connectivity index (χ4v) is 2.46. The van der Waals surface area contributed by atoms with E-state index in [9.17, 15) is 0 Å². The summed E-state index contributed by atoms with van der Waals surface area (Å²) in [6, 6.07) is 0.597. The number of nitrogens with two attached hydrogens (primary N) is 1. The Kier molecular flexibility index (Phi) is 4.32. The molecule has 2 rings (SSSR count). The monoisotopic (exact) mass is 278 g/mol. The maximum absolute atomic E-state index is 6.03. The van der Waals surface area contributed by atoms with Crippen molar-refractivity contribution in [3.63, 3.8) is 0 Å². The molecule has 2 heterocycles. The van der Waals surface area contributed by atoms with Crippen molar-refractivity contribution in [1.82, 2.24) is 24.2 Å². The van der Waals surface area contributed by atoms with Gasteiger partial charge in [0.2, 0.25) is 5.95 Å². The molecule has 2 N–H and O–H groups in total. The summed E-state index contributed by atoms with van der Waals surface area (Å²) >= 11 is 0. The number of unbranched alkanes of at least 4 members (excludes halogenated alkanes) is 1. The molecule has 0 unspecified atom stereocenters. The molecule has 112 valence electrons. The van der Waals surface area contributed by atoms with Crippen molar-refractivity contribution in [2.24, 2.45) is 7.05 Å². The van der Waals surface area contributed by atoms with Crippen LogP contribution in [0.15, 0.2) is 0 Å². The van der Waals surface area contributed by atoms with E-state index in [0.717, 1.165) is 42.8 Å². The quantitative estimate of drug-likeness (QED) is 0.818. The molecule has 0 aliphatic rings. The van der Waals surface area contributed by atoms with Gasteiger partial charge in [-0.05, 0) is 47.2 Å². The number of aromatic nitrogens is 4. The lowest BCUT2D eigenvalue weighted by Crippen LogP contribution is -2.27. The van der Waals surface area contributed by atoms with Crippen molar-refractivity contribution in [2.75, 3.05) is 19.3 Å². The van der Waals surface area contributed by atoms with Crippen LogP contribution in [0.2, 0.25) is 0 Å². The van der Waals surface area contributed by atoms with Gasteiger partial charge in [0, 0.05) is 19.6 Å². The molecular formula is C14H26N6. The lowest BCUT2D eigenvalue weighted by Gasteiger charge is -2.20. The van der Waals surface area contributed by atoms with Crippen LogP contribution in [0.5, 0.6) is 0 Å². The summed E-state index contributed by atoms with van der Waals surface area (Å²) in [4.78, 5) is 6.78. The Labute approximate surface area is 120 Å². The SMILES string of the molecule is Cc1nn(C)c2c1nc(N)n2CCCCN(C)C(C)C. The average molecular weight is 278 g/mol.